The third-order valence-corrected chi connectivity index (χ3v) is 3.37. The number of aliphatic hydroxyl groups is 1. The lowest BCUT2D eigenvalue weighted by Gasteiger charge is -2.39. The highest BCUT2D eigenvalue weighted by Crippen LogP contribution is 2.25. The summed E-state index contributed by atoms with van der Waals surface area (Å²) >= 11 is 0. The summed E-state index contributed by atoms with van der Waals surface area (Å²) in [5, 5.41) is 9.51. The third kappa shape index (κ3) is 4.12. The van der Waals surface area contributed by atoms with E-state index in [4.69, 9.17) is 0 Å². The van der Waals surface area contributed by atoms with Gasteiger partial charge >= 0.3 is 0 Å². The number of hydrogen-bond acceptors (Lipinski definition) is 2. The normalized spacial score (nSPS) is 28.0. The zero-order valence-corrected chi connectivity index (χ0v) is 10.7. The standard InChI is InChI=1S/C13H27NO/c1-10(2)9-14(11(3)4)12-5-7-13(15)8-6-12/h10-13,15H,5-9H2,1-4H3. The molecule has 0 bridgehead atoms. The molecule has 1 fully saturated rings. The van der Waals surface area contributed by atoms with E-state index in [-0.39, 0.29) is 6.10 Å². The SMILES string of the molecule is CC(C)CN(C(C)C)C1CCC(O)CC1. The summed E-state index contributed by atoms with van der Waals surface area (Å²) in [4.78, 5) is 2.62. The minimum absolute atomic E-state index is 0.0330. The average molecular weight is 213 g/mol. The number of rotatable bonds is 4. The lowest BCUT2D eigenvalue weighted by Crippen LogP contribution is -2.44. The molecule has 1 aliphatic rings. The van der Waals surface area contributed by atoms with E-state index < -0.39 is 0 Å². The van der Waals surface area contributed by atoms with Gasteiger partial charge in [0.2, 0.25) is 0 Å². The maximum absolute atomic E-state index is 9.51. The summed E-state index contributed by atoms with van der Waals surface area (Å²) in [6.07, 6.45) is 4.30. The second-order valence-electron chi connectivity index (χ2n) is 5.65. The fourth-order valence-corrected chi connectivity index (χ4v) is 2.59. The van der Waals surface area contributed by atoms with Crippen LogP contribution in [0.1, 0.15) is 53.4 Å². The molecule has 0 spiro atoms. The van der Waals surface area contributed by atoms with Crippen LogP contribution >= 0.6 is 0 Å². The van der Waals surface area contributed by atoms with Gasteiger partial charge in [-0.15, -0.1) is 0 Å². The molecule has 0 radical (unpaired) electrons. The molecule has 0 atom stereocenters. The van der Waals surface area contributed by atoms with Crippen molar-refractivity contribution >= 4 is 0 Å². The van der Waals surface area contributed by atoms with E-state index in [1.807, 2.05) is 0 Å². The van der Waals surface area contributed by atoms with Crippen LogP contribution in [-0.4, -0.2) is 34.7 Å². The summed E-state index contributed by atoms with van der Waals surface area (Å²) < 4.78 is 0. The maximum Gasteiger partial charge on any atom is 0.0541 e. The average Bonchev–Trinajstić information content (AvgIpc) is 2.15. The first kappa shape index (κ1) is 13.0. The van der Waals surface area contributed by atoms with Gasteiger partial charge in [0.25, 0.3) is 0 Å². The number of hydrogen-bond donors (Lipinski definition) is 1. The molecule has 1 N–H and O–H groups in total. The van der Waals surface area contributed by atoms with Crippen LogP contribution in [0.4, 0.5) is 0 Å². The van der Waals surface area contributed by atoms with Gasteiger partial charge in [-0.2, -0.15) is 0 Å². The number of aliphatic hydroxyl groups excluding tert-OH is 1. The predicted octanol–water partition coefficient (Wildman–Crippen LogP) is 2.66. The summed E-state index contributed by atoms with van der Waals surface area (Å²) in [7, 11) is 0. The topological polar surface area (TPSA) is 23.5 Å². The second kappa shape index (κ2) is 5.86. The van der Waals surface area contributed by atoms with Gasteiger partial charge < -0.3 is 5.11 Å². The summed E-state index contributed by atoms with van der Waals surface area (Å²) in [5.74, 6) is 0.735. The van der Waals surface area contributed by atoms with E-state index in [0.717, 1.165) is 18.8 Å². The minimum atomic E-state index is -0.0330. The molecule has 0 heterocycles. The van der Waals surface area contributed by atoms with Crippen LogP contribution in [0.25, 0.3) is 0 Å². The first-order valence-electron chi connectivity index (χ1n) is 6.44. The molecule has 15 heavy (non-hydrogen) atoms. The second-order valence-corrected chi connectivity index (χ2v) is 5.65. The van der Waals surface area contributed by atoms with Gasteiger partial charge in [-0.25, -0.2) is 0 Å². The Balaban J connectivity index is 2.48. The van der Waals surface area contributed by atoms with Crippen LogP contribution in [0.3, 0.4) is 0 Å². The van der Waals surface area contributed by atoms with Crippen molar-refractivity contribution in [2.24, 2.45) is 5.92 Å². The van der Waals surface area contributed by atoms with Gasteiger partial charge in [0.1, 0.15) is 0 Å². The quantitative estimate of drug-likeness (QED) is 0.776. The Kier molecular flexibility index (Phi) is 5.07. The fraction of sp³-hybridized carbons (Fsp3) is 1.00. The maximum atomic E-state index is 9.51. The summed E-state index contributed by atoms with van der Waals surface area (Å²) in [6, 6.07) is 1.34. The Morgan fingerprint density at radius 2 is 1.60 bits per heavy atom. The van der Waals surface area contributed by atoms with Gasteiger partial charge in [-0.3, -0.25) is 4.90 Å². The van der Waals surface area contributed by atoms with Crippen molar-refractivity contribution < 1.29 is 5.11 Å². The van der Waals surface area contributed by atoms with Crippen molar-refractivity contribution in [3.8, 4) is 0 Å². The lowest BCUT2D eigenvalue weighted by molar-refractivity contribution is 0.0530. The molecule has 0 saturated heterocycles. The smallest absolute Gasteiger partial charge is 0.0541 e. The molecule has 2 nitrogen and oxygen atoms in total. The Labute approximate surface area is 94.7 Å². The molecular formula is C13H27NO. The van der Waals surface area contributed by atoms with Gasteiger partial charge in [-0.05, 0) is 45.4 Å². The van der Waals surface area contributed by atoms with Crippen molar-refractivity contribution in [1.82, 2.24) is 4.90 Å². The van der Waals surface area contributed by atoms with Gasteiger partial charge in [0, 0.05) is 18.6 Å². The molecular weight excluding hydrogens is 186 g/mol. The molecule has 1 rings (SSSR count). The Morgan fingerprint density at radius 1 is 1.07 bits per heavy atom. The molecule has 0 amide bonds. The molecule has 90 valence electrons. The van der Waals surface area contributed by atoms with Crippen LogP contribution in [0.15, 0.2) is 0 Å². The predicted molar refractivity (Wildman–Crippen MR) is 64.9 cm³/mol. The van der Waals surface area contributed by atoms with Gasteiger partial charge in [-0.1, -0.05) is 13.8 Å². The minimum Gasteiger partial charge on any atom is -0.393 e. The van der Waals surface area contributed by atoms with Crippen molar-refractivity contribution in [3.63, 3.8) is 0 Å². The molecule has 2 heteroatoms. The van der Waals surface area contributed by atoms with E-state index in [1.165, 1.54) is 19.4 Å². The highest BCUT2D eigenvalue weighted by atomic mass is 16.3. The lowest BCUT2D eigenvalue weighted by atomic mass is 9.91. The van der Waals surface area contributed by atoms with Crippen molar-refractivity contribution in [2.45, 2.75) is 71.6 Å². The fourth-order valence-electron chi connectivity index (χ4n) is 2.59. The molecule has 0 aromatic carbocycles. The molecule has 0 aliphatic heterocycles. The van der Waals surface area contributed by atoms with Crippen LogP contribution in [-0.2, 0) is 0 Å². The van der Waals surface area contributed by atoms with Crippen LogP contribution in [0.2, 0.25) is 0 Å². The van der Waals surface area contributed by atoms with E-state index in [2.05, 4.69) is 32.6 Å². The Bertz CT molecular complexity index is 171. The van der Waals surface area contributed by atoms with Gasteiger partial charge in [0.05, 0.1) is 6.10 Å². The first-order valence-corrected chi connectivity index (χ1v) is 6.44. The molecule has 1 aliphatic carbocycles. The van der Waals surface area contributed by atoms with Crippen LogP contribution < -0.4 is 0 Å². The zero-order valence-electron chi connectivity index (χ0n) is 10.7. The van der Waals surface area contributed by atoms with E-state index in [1.54, 1.807) is 0 Å². The van der Waals surface area contributed by atoms with Crippen molar-refractivity contribution in [2.75, 3.05) is 6.54 Å². The summed E-state index contributed by atoms with van der Waals surface area (Å²) in [6.45, 7) is 10.3. The zero-order chi connectivity index (χ0) is 11.4. The number of nitrogens with zero attached hydrogens (tertiary/aromatic N) is 1. The van der Waals surface area contributed by atoms with Gasteiger partial charge in [0.15, 0.2) is 0 Å². The highest BCUT2D eigenvalue weighted by Gasteiger charge is 2.26. The van der Waals surface area contributed by atoms with Crippen molar-refractivity contribution in [3.05, 3.63) is 0 Å². The highest BCUT2D eigenvalue weighted by molar-refractivity contribution is 4.81. The summed E-state index contributed by atoms with van der Waals surface area (Å²) in [5.41, 5.74) is 0. The molecule has 1 saturated carbocycles. The molecule has 0 unspecified atom stereocenters. The largest absolute Gasteiger partial charge is 0.393 e. The van der Waals surface area contributed by atoms with E-state index in [9.17, 15) is 5.11 Å². The van der Waals surface area contributed by atoms with E-state index in [0.29, 0.717) is 12.1 Å². The first-order chi connectivity index (χ1) is 7.00. The molecule has 0 aromatic rings. The van der Waals surface area contributed by atoms with E-state index >= 15 is 0 Å². The van der Waals surface area contributed by atoms with Crippen LogP contribution in [0, 0.1) is 5.92 Å². The Morgan fingerprint density at radius 3 is 2.00 bits per heavy atom. The molecule has 0 aromatic heterocycles. The van der Waals surface area contributed by atoms with Crippen molar-refractivity contribution in [1.29, 1.82) is 0 Å². The Hall–Kier alpha value is -0.0800. The third-order valence-electron chi connectivity index (χ3n) is 3.37. The monoisotopic (exact) mass is 213 g/mol. The van der Waals surface area contributed by atoms with Crippen LogP contribution in [0.5, 0.6) is 0 Å².